The lowest BCUT2D eigenvalue weighted by molar-refractivity contribution is -0.130. The van der Waals surface area contributed by atoms with E-state index in [0.29, 0.717) is 6.61 Å². The molecule has 1 fully saturated rings. The third kappa shape index (κ3) is 3.07. The Bertz CT molecular complexity index is 380. The van der Waals surface area contributed by atoms with Crippen LogP contribution in [0.15, 0.2) is 24.3 Å². The molecule has 2 atom stereocenters. The SMILES string of the molecule is Cc1ccc([C@H](C)NC(=O)[C@@H]2CCCO2)cc1. The molecule has 1 heterocycles. The van der Waals surface area contributed by atoms with Crippen LogP contribution < -0.4 is 5.32 Å². The van der Waals surface area contributed by atoms with Gasteiger partial charge in [0.05, 0.1) is 6.04 Å². The number of amides is 1. The molecule has 3 heteroatoms. The number of rotatable bonds is 3. The van der Waals surface area contributed by atoms with Crippen LogP contribution in [0.25, 0.3) is 0 Å². The third-order valence-electron chi connectivity index (χ3n) is 3.16. The summed E-state index contributed by atoms with van der Waals surface area (Å²) >= 11 is 0. The molecule has 1 aliphatic heterocycles. The van der Waals surface area contributed by atoms with Gasteiger partial charge in [-0.3, -0.25) is 4.79 Å². The molecule has 0 saturated carbocycles. The molecule has 1 saturated heterocycles. The maximum atomic E-state index is 11.9. The van der Waals surface area contributed by atoms with E-state index in [0.717, 1.165) is 18.4 Å². The monoisotopic (exact) mass is 233 g/mol. The number of carbonyl (C=O) groups is 1. The highest BCUT2D eigenvalue weighted by Gasteiger charge is 2.24. The predicted molar refractivity (Wildman–Crippen MR) is 66.7 cm³/mol. The zero-order chi connectivity index (χ0) is 12.3. The number of benzene rings is 1. The van der Waals surface area contributed by atoms with Gasteiger partial charge in [-0.2, -0.15) is 0 Å². The molecule has 1 N–H and O–H groups in total. The first kappa shape index (κ1) is 12.1. The minimum atomic E-state index is -0.247. The second-order valence-corrected chi connectivity index (χ2v) is 4.64. The second-order valence-electron chi connectivity index (χ2n) is 4.64. The van der Waals surface area contributed by atoms with Crippen molar-refractivity contribution in [2.24, 2.45) is 0 Å². The van der Waals surface area contributed by atoms with E-state index in [-0.39, 0.29) is 18.1 Å². The average molecular weight is 233 g/mol. The molecule has 0 aliphatic carbocycles. The normalized spacial score (nSPS) is 21.2. The summed E-state index contributed by atoms with van der Waals surface area (Å²) in [6.07, 6.45) is 1.58. The maximum absolute atomic E-state index is 11.9. The van der Waals surface area contributed by atoms with Crippen LogP contribution in [0.5, 0.6) is 0 Å². The van der Waals surface area contributed by atoms with Gasteiger partial charge in [0.25, 0.3) is 0 Å². The summed E-state index contributed by atoms with van der Waals surface area (Å²) in [5, 5.41) is 2.99. The number of hydrogen-bond donors (Lipinski definition) is 1. The molecule has 1 aliphatic rings. The highest BCUT2D eigenvalue weighted by atomic mass is 16.5. The van der Waals surface area contributed by atoms with Gasteiger partial charge in [-0.05, 0) is 32.3 Å². The molecule has 2 rings (SSSR count). The summed E-state index contributed by atoms with van der Waals surface area (Å²) in [5.74, 6) is 0.00979. The quantitative estimate of drug-likeness (QED) is 0.870. The lowest BCUT2D eigenvalue weighted by atomic mass is 10.1. The Morgan fingerprint density at radius 3 is 2.71 bits per heavy atom. The Morgan fingerprint density at radius 1 is 1.41 bits per heavy atom. The van der Waals surface area contributed by atoms with E-state index in [9.17, 15) is 4.79 Å². The highest BCUT2D eigenvalue weighted by Crippen LogP contribution is 2.16. The van der Waals surface area contributed by atoms with Crippen LogP contribution in [0.4, 0.5) is 0 Å². The average Bonchev–Trinajstić information content (AvgIpc) is 2.83. The highest BCUT2D eigenvalue weighted by molar-refractivity contribution is 5.81. The molecule has 0 spiro atoms. The Labute approximate surface area is 102 Å². The maximum Gasteiger partial charge on any atom is 0.249 e. The molecule has 1 amide bonds. The predicted octanol–water partition coefficient (Wildman–Crippen LogP) is 2.35. The van der Waals surface area contributed by atoms with Gasteiger partial charge in [-0.15, -0.1) is 0 Å². The fourth-order valence-electron chi connectivity index (χ4n) is 2.03. The third-order valence-corrected chi connectivity index (χ3v) is 3.16. The summed E-state index contributed by atoms with van der Waals surface area (Å²) < 4.78 is 5.36. The lowest BCUT2D eigenvalue weighted by Crippen LogP contribution is -2.35. The Balaban J connectivity index is 1.93. The fourth-order valence-corrected chi connectivity index (χ4v) is 2.03. The van der Waals surface area contributed by atoms with Gasteiger partial charge in [0, 0.05) is 6.61 Å². The lowest BCUT2D eigenvalue weighted by Gasteiger charge is -2.17. The smallest absolute Gasteiger partial charge is 0.249 e. The van der Waals surface area contributed by atoms with Gasteiger partial charge in [-0.25, -0.2) is 0 Å². The summed E-state index contributed by atoms with van der Waals surface area (Å²) in [6, 6.07) is 8.26. The van der Waals surface area contributed by atoms with Crippen LogP contribution in [0.2, 0.25) is 0 Å². The van der Waals surface area contributed by atoms with Crippen molar-refractivity contribution < 1.29 is 9.53 Å². The molecule has 0 aromatic heterocycles. The first-order valence-corrected chi connectivity index (χ1v) is 6.15. The van der Waals surface area contributed by atoms with Crippen molar-refractivity contribution in [3.8, 4) is 0 Å². The van der Waals surface area contributed by atoms with E-state index in [4.69, 9.17) is 4.74 Å². The minimum absolute atomic E-state index is 0.00979. The first-order chi connectivity index (χ1) is 8.16. The van der Waals surface area contributed by atoms with Crippen molar-refractivity contribution >= 4 is 5.91 Å². The van der Waals surface area contributed by atoms with Gasteiger partial charge < -0.3 is 10.1 Å². The standard InChI is InChI=1S/C14H19NO2/c1-10-5-7-12(8-6-10)11(2)15-14(16)13-4-3-9-17-13/h5-8,11,13H,3-4,9H2,1-2H3,(H,15,16)/t11-,13-/m0/s1. The molecule has 17 heavy (non-hydrogen) atoms. The topological polar surface area (TPSA) is 38.3 Å². The van der Waals surface area contributed by atoms with Crippen LogP contribution in [0.3, 0.4) is 0 Å². The Morgan fingerprint density at radius 2 is 2.12 bits per heavy atom. The molecular weight excluding hydrogens is 214 g/mol. The van der Waals surface area contributed by atoms with Crippen LogP contribution in [0, 0.1) is 6.92 Å². The molecule has 3 nitrogen and oxygen atoms in total. The Kier molecular flexibility index (Phi) is 3.79. The van der Waals surface area contributed by atoms with Crippen molar-refractivity contribution in [3.63, 3.8) is 0 Å². The molecule has 0 unspecified atom stereocenters. The van der Waals surface area contributed by atoms with Crippen molar-refractivity contribution in [2.45, 2.75) is 38.8 Å². The molecule has 92 valence electrons. The summed E-state index contributed by atoms with van der Waals surface area (Å²) in [4.78, 5) is 11.9. The molecule has 0 bridgehead atoms. The van der Waals surface area contributed by atoms with Crippen molar-refractivity contribution in [3.05, 3.63) is 35.4 Å². The largest absolute Gasteiger partial charge is 0.368 e. The number of hydrogen-bond acceptors (Lipinski definition) is 2. The van der Waals surface area contributed by atoms with Gasteiger partial charge in [-0.1, -0.05) is 29.8 Å². The zero-order valence-electron chi connectivity index (χ0n) is 10.4. The van der Waals surface area contributed by atoms with Crippen LogP contribution in [-0.4, -0.2) is 18.6 Å². The number of carbonyl (C=O) groups excluding carboxylic acids is 1. The van der Waals surface area contributed by atoms with Gasteiger partial charge in [0.1, 0.15) is 6.10 Å². The van der Waals surface area contributed by atoms with Gasteiger partial charge >= 0.3 is 0 Å². The number of nitrogens with one attached hydrogen (secondary N) is 1. The number of ether oxygens (including phenoxy) is 1. The molecule has 1 aromatic rings. The number of aryl methyl sites for hydroxylation is 1. The van der Waals surface area contributed by atoms with Crippen LogP contribution in [0.1, 0.15) is 36.9 Å². The fraction of sp³-hybridized carbons (Fsp3) is 0.500. The summed E-state index contributed by atoms with van der Waals surface area (Å²) in [7, 11) is 0. The van der Waals surface area contributed by atoms with Crippen molar-refractivity contribution in [1.29, 1.82) is 0 Å². The molecule has 1 aromatic carbocycles. The van der Waals surface area contributed by atoms with Gasteiger partial charge in [0.15, 0.2) is 0 Å². The molecule has 0 radical (unpaired) electrons. The second kappa shape index (κ2) is 5.32. The Hall–Kier alpha value is -1.35. The first-order valence-electron chi connectivity index (χ1n) is 6.15. The van der Waals surface area contributed by atoms with E-state index in [1.54, 1.807) is 0 Å². The van der Waals surface area contributed by atoms with Crippen molar-refractivity contribution in [1.82, 2.24) is 5.32 Å². The van der Waals surface area contributed by atoms with Gasteiger partial charge in [0.2, 0.25) is 5.91 Å². The van der Waals surface area contributed by atoms with E-state index in [1.807, 2.05) is 6.92 Å². The van der Waals surface area contributed by atoms with Crippen LogP contribution >= 0.6 is 0 Å². The summed E-state index contributed by atoms with van der Waals surface area (Å²) in [6.45, 7) is 4.76. The van der Waals surface area contributed by atoms with E-state index in [1.165, 1.54) is 5.56 Å². The molecular formula is C14H19NO2. The van der Waals surface area contributed by atoms with Crippen molar-refractivity contribution in [2.75, 3.05) is 6.61 Å². The van der Waals surface area contributed by atoms with E-state index < -0.39 is 0 Å². The van der Waals surface area contributed by atoms with E-state index in [2.05, 4.69) is 36.5 Å². The summed E-state index contributed by atoms with van der Waals surface area (Å²) in [5.41, 5.74) is 2.35. The van der Waals surface area contributed by atoms with Crippen LogP contribution in [-0.2, 0) is 9.53 Å². The van der Waals surface area contributed by atoms with E-state index >= 15 is 0 Å². The minimum Gasteiger partial charge on any atom is -0.368 e. The zero-order valence-corrected chi connectivity index (χ0v) is 10.4.